The smallest absolute Gasteiger partial charge is 0.406 e. The van der Waals surface area contributed by atoms with Gasteiger partial charge in [0, 0.05) is 18.2 Å². The zero-order valence-electron chi connectivity index (χ0n) is 24.2. The molecule has 1 aliphatic heterocycles. The first kappa shape index (κ1) is 34.2. The Morgan fingerprint density at radius 3 is 2.26 bits per heavy atom. The van der Waals surface area contributed by atoms with Crippen LogP contribution in [0.25, 0.3) is 0 Å². The highest BCUT2D eigenvalue weighted by atomic mass is 19.4. The van der Waals surface area contributed by atoms with Crippen molar-refractivity contribution in [3.8, 4) is 5.75 Å². The van der Waals surface area contributed by atoms with E-state index in [0.717, 1.165) is 18.2 Å². The number of anilines is 1. The Hall–Kier alpha value is -4.69. The van der Waals surface area contributed by atoms with Crippen LogP contribution in [0.1, 0.15) is 47.3 Å². The lowest BCUT2D eigenvalue weighted by atomic mass is 10.0. The van der Waals surface area contributed by atoms with Crippen LogP contribution >= 0.6 is 0 Å². The number of hydrogen-bond donors (Lipinski definition) is 2. The molecule has 0 spiro atoms. The molecule has 46 heavy (non-hydrogen) atoms. The fourth-order valence-corrected chi connectivity index (χ4v) is 5.15. The Morgan fingerprint density at radius 2 is 1.61 bits per heavy atom. The summed E-state index contributed by atoms with van der Waals surface area (Å²) in [6.07, 6.45) is -11.0. The van der Waals surface area contributed by atoms with Gasteiger partial charge in [-0.15, -0.1) is 13.2 Å². The Labute approximate surface area is 257 Å². The molecule has 1 aliphatic rings. The number of ether oxygens (including phenoxy) is 1. The molecular weight excluding hydrogens is 630 g/mol. The minimum Gasteiger partial charge on any atom is -0.406 e. The predicted molar refractivity (Wildman–Crippen MR) is 149 cm³/mol. The van der Waals surface area contributed by atoms with E-state index < -0.39 is 83.3 Å². The Kier molecular flexibility index (Phi) is 9.92. The molecule has 7 nitrogen and oxygen atoms in total. The molecule has 0 unspecified atom stereocenters. The van der Waals surface area contributed by atoms with Crippen LogP contribution in [-0.4, -0.2) is 42.2 Å². The van der Waals surface area contributed by atoms with E-state index in [2.05, 4.69) is 15.4 Å². The molecule has 3 aromatic rings. The first-order valence-corrected chi connectivity index (χ1v) is 13.9. The minimum atomic E-state index is -5.18. The van der Waals surface area contributed by atoms with Crippen molar-refractivity contribution in [2.24, 2.45) is 0 Å². The van der Waals surface area contributed by atoms with Gasteiger partial charge >= 0.3 is 12.5 Å². The molecule has 3 amide bonds. The van der Waals surface area contributed by atoms with Gasteiger partial charge < -0.3 is 20.3 Å². The fourth-order valence-electron chi connectivity index (χ4n) is 5.15. The van der Waals surface area contributed by atoms with E-state index in [9.17, 15) is 49.5 Å². The van der Waals surface area contributed by atoms with Crippen LogP contribution in [0.5, 0.6) is 5.75 Å². The third-order valence-electron chi connectivity index (χ3n) is 7.15. The predicted octanol–water partition coefficient (Wildman–Crippen LogP) is 6.10. The molecule has 4 rings (SSSR count). The average Bonchev–Trinajstić information content (AvgIpc) is 3.08. The number of benzene rings is 3. The molecule has 2 N–H and O–H groups in total. The van der Waals surface area contributed by atoms with Gasteiger partial charge in [0.25, 0.3) is 5.91 Å². The summed E-state index contributed by atoms with van der Waals surface area (Å²) in [5, 5.41) is 4.56. The summed E-state index contributed by atoms with van der Waals surface area (Å²) in [6, 6.07) is 6.06. The Bertz CT molecular complexity index is 1620. The quantitative estimate of drug-likeness (QED) is 0.287. The summed E-state index contributed by atoms with van der Waals surface area (Å²) in [5.41, 5.74) is -2.09. The van der Waals surface area contributed by atoms with Crippen LogP contribution in [-0.2, 0) is 28.6 Å². The number of hydrogen-bond acceptors (Lipinski definition) is 4. The number of aryl methyl sites for hydroxylation is 1. The maximum absolute atomic E-state index is 14.0. The number of nitrogens with one attached hydrogen (secondary N) is 2. The van der Waals surface area contributed by atoms with Crippen LogP contribution in [0.2, 0.25) is 0 Å². The summed E-state index contributed by atoms with van der Waals surface area (Å²) in [6.45, 7) is 3.35. The standard InChI is InChI=1S/C31H27F8N3O4/c1-16(2)42-25-12-9-19(32)13-17(25)7-11-23(29(42)45)40-28(44)24(14-18-5-3-4-6-26(18)46-31(37,38)39)41-27(43)21-10-8-20(33)15-22(21)30(34,35)36/h3-6,8-10,12-13,15-16,23-24H,7,11,14H2,1-2H3,(H,40,44)(H,41,43)/t23-,24-/m1/s1. The van der Waals surface area contributed by atoms with Gasteiger partial charge in [-0.2, -0.15) is 13.2 Å². The van der Waals surface area contributed by atoms with Gasteiger partial charge in [-0.25, -0.2) is 8.78 Å². The van der Waals surface area contributed by atoms with Crippen molar-refractivity contribution in [2.75, 3.05) is 4.90 Å². The molecule has 246 valence electrons. The van der Waals surface area contributed by atoms with E-state index in [1.165, 1.54) is 29.2 Å². The molecular formula is C31H27F8N3O4. The molecule has 0 radical (unpaired) electrons. The number of halogens is 8. The van der Waals surface area contributed by atoms with E-state index in [0.29, 0.717) is 23.4 Å². The zero-order valence-corrected chi connectivity index (χ0v) is 24.2. The largest absolute Gasteiger partial charge is 0.573 e. The Morgan fingerprint density at radius 1 is 0.957 bits per heavy atom. The molecule has 0 aromatic heterocycles. The van der Waals surface area contributed by atoms with Gasteiger partial charge in [-0.1, -0.05) is 18.2 Å². The van der Waals surface area contributed by atoms with E-state index in [4.69, 9.17) is 0 Å². The van der Waals surface area contributed by atoms with Gasteiger partial charge in [0.15, 0.2) is 0 Å². The van der Waals surface area contributed by atoms with Gasteiger partial charge in [0.2, 0.25) is 11.8 Å². The van der Waals surface area contributed by atoms with Crippen molar-refractivity contribution in [3.63, 3.8) is 0 Å². The average molecular weight is 658 g/mol. The summed E-state index contributed by atoms with van der Waals surface area (Å²) >= 11 is 0. The number of carbonyl (C=O) groups excluding carboxylic acids is 3. The molecule has 3 aromatic carbocycles. The number of carbonyl (C=O) groups is 3. The van der Waals surface area contributed by atoms with E-state index in [1.807, 2.05) is 0 Å². The van der Waals surface area contributed by atoms with Crippen molar-refractivity contribution in [1.29, 1.82) is 0 Å². The van der Waals surface area contributed by atoms with E-state index in [1.54, 1.807) is 13.8 Å². The van der Waals surface area contributed by atoms with Crippen LogP contribution in [0.15, 0.2) is 60.7 Å². The second kappa shape index (κ2) is 13.3. The highest BCUT2D eigenvalue weighted by Gasteiger charge is 2.39. The minimum absolute atomic E-state index is 0.0468. The molecule has 0 aliphatic carbocycles. The highest BCUT2D eigenvalue weighted by Crippen LogP contribution is 2.33. The number of alkyl halides is 6. The lowest BCUT2D eigenvalue weighted by Gasteiger charge is -2.30. The zero-order chi connectivity index (χ0) is 34.0. The SMILES string of the molecule is CC(C)N1C(=O)[C@H](NC(=O)[C@@H](Cc2ccccc2OC(F)(F)F)NC(=O)c2ccc(F)cc2C(F)(F)F)CCc2cc(F)ccc21. The maximum atomic E-state index is 14.0. The van der Waals surface area contributed by atoms with Crippen molar-refractivity contribution in [2.45, 2.75) is 63.8 Å². The number of fused-ring (bicyclic) bond motifs is 1. The van der Waals surface area contributed by atoms with Crippen molar-refractivity contribution >= 4 is 23.4 Å². The van der Waals surface area contributed by atoms with Gasteiger partial charge in [0.05, 0.1) is 11.1 Å². The van der Waals surface area contributed by atoms with Gasteiger partial charge in [0.1, 0.15) is 29.5 Å². The van der Waals surface area contributed by atoms with Gasteiger partial charge in [-0.3, -0.25) is 14.4 Å². The fraction of sp³-hybridized carbons (Fsp3) is 0.323. The van der Waals surface area contributed by atoms with Crippen molar-refractivity contribution < 1.29 is 54.2 Å². The first-order chi connectivity index (χ1) is 21.4. The second-order valence-electron chi connectivity index (χ2n) is 10.7. The molecule has 0 fully saturated rings. The molecule has 1 heterocycles. The lowest BCUT2D eigenvalue weighted by Crippen LogP contribution is -2.55. The molecule has 2 atom stereocenters. The maximum Gasteiger partial charge on any atom is 0.573 e. The monoisotopic (exact) mass is 657 g/mol. The topological polar surface area (TPSA) is 87.7 Å². The number of para-hydroxylation sites is 1. The summed E-state index contributed by atoms with van der Waals surface area (Å²) in [7, 11) is 0. The van der Waals surface area contributed by atoms with Crippen molar-refractivity contribution in [1.82, 2.24) is 10.6 Å². The van der Waals surface area contributed by atoms with Gasteiger partial charge in [-0.05, 0) is 80.3 Å². The Balaban J connectivity index is 1.69. The summed E-state index contributed by atoms with van der Waals surface area (Å²) in [5.74, 6) is -5.81. The first-order valence-electron chi connectivity index (χ1n) is 13.9. The van der Waals surface area contributed by atoms with E-state index in [-0.39, 0.29) is 24.5 Å². The van der Waals surface area contributed by atoms with Crippen LogP contribution in [0, 0.1) is 11.6 Å². The van der Waals surface area contributed by atoms with Crippen molar-refractivity contribution in [3.05, 3.63) is 94.6 Å². The van der Waals surface area contributed by atoms with E-state index >= 15 is 0 Å². The number of nitrogens with zero attached hydrogens (tertiary/aromatic N) is 1. The summed E-state index contributed by atoms with van der Waals surface area (Å²) in [4.78, 5) is 41.8. The molecule has 0 saturated carbocycles. The summed E-state index contributed by atoms with van der Waals surface area (Å²) < 4.78 is 112. The highest BCUT2D eigenvalue weighted by molar-refractivity contribution is 6.03. The molecule has 0 saturated heterocycles. The number of amides is 3. The second-order valence-corrected chi connectivity index (χ2v) is 10.7. The lowest BCUT2D eigenvalue weighted by molar-refractivity contribution is -0.274. The third kappa shape index (κ3) is 8.12. The van der Waals surface area contributed by atoms with Crippen LogP contribution in [0.3, 0.4) is 0 Å². The number of rotatable bonds is 8. The molecule has 0 bridgehead atoms. The molecule has 15 heteroatoms. The normalized spacial score (nSPS) is 16.0. The third-order valence-corrected chi connectivity index (χ3v) is 7.15. The van der Waals surface area contributed by atoms with Crippen LogP contribution in [0.4, 0.5) is 40.8 Å². The van der Waals surface area contributed by atoms with Crippen LogP contribution < -0.4 is 20.3 Å².